The van der Waals surface area contributed by atoms with Crippen molar-refractivity contribution < 1.29 is 8.42 Å². The molecule has 0 bridgehead atoms. The van der Waals surface area contributed by atoms with Crippen molar-refractivity contribution in [3.05, 3.63) is 18.2 Å². The van der Waals surface area contributed by atoms with E-state index in [9.17, 15) is 8.42 Å². The summed E-state index contributed by atoms with van der Waals surface area (Å²) in [6, 6.07) is 0. The summed E-state index contributed by atoms with van der Waals surface area (Å²) in [7, 11) is -3.15. The minimum absolute atomic E-state index is 0.194. The molecule has 0 saturated heterocycles. The quantitative estimate of drug-likeness (QED) is 0.736. The van der Waals surface area contributed by atoms with E-state index in [-0.39, 0.29) is 5.75 Å². The molecular formula is C8H14N2O2S. The van der Waals surface area contributed by atoms with Crippen molar-refractivity contribution in [1.29, 1.82) is 0 Å². The number of hydrogen-bond donors (Lipinski definition) is 0. The molecule has 1 rings (SSSR count). The van der Waals surface area contributed by atoms with Crippen molar-refractivity contribution in [1.82, 2.24) is 8.96 Å². The van der Waals surface area contributed by atoms with E-state index in [1.807, 2.05) is 6.92 Å². The van der Waals surface area contributed by atoms with Crippen LogP contribution in [0.2, 0.25) is 0 Å². The summed E-state index contributed by atoms with van der Waals surface area (Å²) in [4.78, 5) is 3.87. The maximum Gasteiger partial charge on any atom is 0.239 e. The molecule has 0 radical (unpaired) electrons. The highest BCUT2D eigenvalue weighted by Crippen LogP contribution is 2.03. The van der Waals surface area contributed by atoms with Crippen LogP contribution in [0, 0.1) is 6.92 Å². The van der Waals surface area contributed by atoms with Crippen LogP contribution in [-0.4, -0.2) is 23.1 Å². The summed E-state index contributed by atoms with van der Waals surface area (Å²) >= 11 is 0. The summed E-state index contributed by atoms with van der Waals surface area (Å²) in [5, 5.41) is 0. The summed E-state index contributed by atoms with van der Waals surface area (Å²) in [6.45, 7) is 3.74. The Morgan fingerprint density at radius 3 is 2.69 bits per heavy atom. The molecule has 4 nitrogen and oxygen atoms in total. The highest BCUT2D eigenvalue weighted by atomic mass is 32.2. The molecule has 0 N–H and O–H groups in total. The standard InChI is InChI=1S/C8H14N2O2S/c1-3-4-5-13(11,12)10-6-8(2)9-7-10/h6-7H,3-5H2,1-2H3. The minimum Gasteiger partial charge on any atom is -0.241 e. The van der Waals surface area contributed by atoms with Crippen molar-refractivity contribution in [2.45, 2.75) is 26.7 Å². The molecule has 13 heavy (non-hydrogen) atoms. The van der Waals surface area contributed by atoms with Crippen molar-refractivity contribution in [3.8, 4) is 0 Å². The van der Waals surface area contributed by atoms with Crippen LogP contribution in [0.4, 0.5) is 0 Å². The predicted octanol–water partition coefficient (Wildman–Crippen LogP) is 1.17. The minimum atomic E-state index is -3.15. The topological polar surface area (TPSA) is 52.0 Å². The van der Waals surface area contributed by atoms with Gasteiger partial charge in [0.05, 0.1) is 11.4 Å². The molecule has 1 heterocycles. The zero-order chi connectivity index (χ0) is 9.90. The Kier molecular flexibility index (Phi) is 3.08. The Hall–Kier alpha value is -0.840. The Morgan fingerprint density at radius 1 is 1.54 bits per heavy atom. The molecule has 0 atom stereocenters. The van der Waals surface area contributed by atoms with Gasteiger partial charge in [-0.3, -0.25) is 0 Å². The molecule has 0 aliphatic heterocycles. The second kappa shape index (κ2) is 3.91. The van der Waals surface area contributed by atoms with E-state index < -0.39 is 10.0 Å². The fourth-order valence-corrected chi connectivity index (χ4v) is 2.35. The monoisotopic (exact) mass is 202 g/mol. The smallest absolute Gasteiger partial charge is 0.239 e. The van der Waals surface area contributed by atoms with E-state index in [2.05, 4.69) is 4.98 Å². The van der Waals surface area contributed by atoms with Crippen LogP contribution in [0.15, 0.2) is 12.5 Å². The normalized spacial score (nSPS) is 11.8. The maximum atomic E-state index is 11.5. The summed E-state index contributed by atoms with van der Waals surface area (Å²) < 4.78 is 24.2. The summed E-state index contributed by atoms with van der Waals surface area (Å²) in [6.07, 6.45) is 4.46. The summed E-state index contributed by atoms with van der Waals surface area (Å²) in [5.74, 6) is 0.194. The van der Waals surface area contributed by atoms with Crippen LogP contribution in [0.3, 0.4) is 0 Å². The van der Waals surface area contributed by atoms with E-state index in [1.54, 1.807) is 6.92 Å². The van der Waals surface area contributed by atoms with Gasteiger partial charge in [-0.1, -0.05) is 13.3 Å². The van der Waals surface area contributed by atoms with Gasteiger partial charge in [0, 0.05) is 6.20 Å². The van der Waals surface area contributed by atoms with Crippen LogP contribution in [0.5, 0.6) is 0 Å². The molecule has 0 amide bonds. The molecule has 0 fully saturated rings. The zero-order valence-electron chi connectivity index (χ0n) is 7.90. The van der Waals surface area contributed by atoms with Crippen LogP contribution >= 0.6 is 0 Å². The van der Waals surface area contributed by atoms with Crippen LogP contribution in [-0.2, 0) is 10.0 Å². The number of hydrogen-bond acceptors (Lipinski definition) is 3. The molecule has 0 aliphatic carbocycles. The lowest BCUT2D eigenvalue weighted by molar-refractivity contribution is 0.584. The summed E-state index contributed by atoms with van der Waals surface area (Å²) in [5.41, 5.74) is 0.722. The zero-order valence-corrected chi connectivity index (χ0v) is 8.71. The molecule has 0 unspecified atom stereocenters. The van der Waals surface area contributed by atoms with Gasteiger partial charge < -0.3 is 0 Å². The van der Waals surface area contributed by atoms with Gasteiger partial charge in [0.25, 0.3) is 0 Å². The Labute approximate surface area is 78.7 Å². The molecule has 1 aromatic heterocycles. The molecule has 0 aliphatic rings. The molecule has 5 heteroatoms. The number of unbranched alkanes of at least 4 members (excludes halogenated alkanes) is 1. The molecule has 0 saturated carbocycles. The average molecular weight is 202 g/mol. The molecular weight excluding hydrogens is 188 g/mol. The molecule has 0 spiro atoms. The van der Waals surface area contributed by atoms with Gasteiger partial charge in [-0.05, 0) is 13.3 Å². The molecule has 1 aromatic rings. The number of aryl methyl sites for hydroxylation is 1. The lowest BCUT2D eigenvalue weighted by Crippen LogP contribution is -2.14. The van der Waals surface area contributed by atoms with E-state index in [0.717, 1.165) is 12.1 Å². The van der Waals surface area contributed by atoms with Gasteiger partial charge in [0.15, 0.2) is 0 Å². The van der Waals surface area contributed by atoms with Gasteiger partial charge in [-0.25, -0.2) is 17.4 Å². The van der Waals surface area contributed by atoms with E-state index in [4.69, 9.17) is 0 Å². The van der Waals surface area contributed by atoms with Gasteiger partial charge in [0.1, 0.15) is 6.33 Å². The number of nitrogens with zero attached hydrogens (tertiary/aromatic N) is 2. The first-order valence-corrected chi connectivity index (χ1v) is 5.91. The first-order chi connectivity index (χ1) is 6.06. The highest BCUT2D eigenvalue weighted by Gasteiger charge is 2.11. The lowest BCUT2D eigenvalue weighted by Gasteiger charge is -2.02. The van der Waals surface area contributed by atoms with Gasteiger partial charge >= 0.3 is 0 Å². The van der Waals surface area contributed by atoms with Crippen LogP contribution in [0.1, 0.15) is 25.5 Å². The first kappa shape index (κ1) is 10.2. The Balaban J connectivity index is 2.82. The van der Waals surface area contributed by atoms with Crippen molar-refractivity contribution >= 4 is 10.0 Å². The van der Waals surface area contributed by atoms with E-state index in [0.29, 0.717) is 6.42 Å². The van der Waals surface area contributed by atoms with Crippen LogP contribution < -0.4 is 0 Å². The SMILES string of the molecule is CCCCS(=O)(=O)n1cnc(C)c1. The van der Waals surface area contributed by atoms with Crippen molar-refractivity contribution in [2.75, 3.05) is 5.75 Å². The fraction of sp³-hybridized carbons (Fsp3) is 0.625. The predicted molar refractivity (Wildman–Crippen MR) is 51.1 cm³/mol. The molecule has 74 valence electrons. The number of rotatable bonds is 4. The van der Waals surface area contributed by atoms with Gasteiger partial charge in [-0.2, -0.15) is 0 Å². The third kappa shape index (κ3) is 2.55. The van der Waals surface area contributed by atoms with Crippen LogP contribution in [0.25, 0.3) is 0 Å². The second-order valence-electron chi connectivity index (χ2n) is 3.01. The average Bonchev–Trinajstić information content (AvgIpc) is 2.49. The largest absolute Gasteiger partial charge is 0.241 e. The van der Waals surface area contributed by atoms with Gasteiger partial charge in [-0.15, -0.1) is 0 Å². The maximum absolute atomic E-state index is 11.5. The third-order valence-corrected chi connectivity index (χ3v) is 3.41. The van der Waals surface area contributed by atoms with Crippen molar-refractivity contribution in [2.24, 2.45) is 0 Å². The number of imidazole rings is 1. The number of aromatic nitrogens is 2. The Morgan fingerprint density at radius 2 is 2.23 bits per heavy atom. The van der Waals surface area contributed by atoms with E-state index in [1.165, 1.54) is 16.5 Å². The second-order valence-corrected chi connectivity index (χ2v) is 5.01. The fourth-order valence-electron chi connectivity index (χ4n) is 0.983. The van der Waals surface area contributed by atoms with Gasteiger partial charge in [0.2, 0.25) is 10.0 Å². The molecule has 0 aromatic carbocycles. The first-order valence-electron chi connectivity index (χ1n) is 4.30. The van der Waals surface area contributed by atoms with E-state index >= 15 is 0 Å². The lowest BCUT2D eigenvalue weighted by atomic mass is 10.4. The third-order valence-electron chi connectivity index (χ3n) is 1.77. The Bertz CT molecular complexity index is 367. The highest BCUT2D eigenvalue weighted by molar-refractivity contribution is 7.89. The van der Waals surface area contributed by atoms with Crippen molar-refractivity contribution in [3.63, 3.8) is 0 Å².